The van der Waals surface area contributed by atoms with Crippen LogP contribution in [-0.2, 0) is 17.6 Å². The minimum Gasteiger partial charge on any atom is -0.329 e. The smallest absolute Gasteiger partial charge is 0.247 e. The second kappa shape index (κ2) is 9.83. The summed E-state index contributed by atoms with van der Waals surface area (Å²) in [7, 11) is 0. The molecule has 36 heavy (non-hydrogen) atoms. The van der Waals surface area contributed by atoms with Gasteiger partial charge in [0, 0.05) is 29.8 Å². The Morgan fingerprint density at radius 3 is 2.75 bits per heavy atom. The number of anilines is 4. The number of H-pyrrole nitrogens is 1. The largest absolute Gasteiger partial charge is 0.329 e. The molecule has 1 saturated heterocycles. The van der Waals surface area contributed by atoms with Gasteiger partial charge in [0.05, 0.1) is 17.6 Å². The first-order valence-corrected chi connectivity index (χ1v) is 13.1. The third kappa shape index (κ3) is 4.64. The highest BCUT2D eigenvalue weighted by Crippen LogP contribution is 2.35. The van der Waals surface area contributed by atoms with E-state index < -0.39 is 12.0 Å². The van der Waals surface area contributed by atoms with Gasteiger partial charge in [0.1, 0.15) is 11.9 Å². The van der Waals surface area contributed by atoms with Gasteiger partial charge in [0.15, 0.2) is 5.82 Å². The average molecular weight is 491 g/mol. The van der Waals surface area contributed by atoms with E-state index in [1.807, 2.05) is 4.90 Å². The molecule has 0 aromatic carbocycles. The molecule has 0 bridgehead atoms. The van der Waals surface area contributed by atoms with E-state index in [0.29, 0.717) is 30.5 Å². The Labute approximate surface area is 209 Å². The van der Waals surface area contributed by atoms with Crippen molar-refractivity contribution < 1.29 is 9.18 Å². The van der Waals surface area contributed by atoms with Crippen LogP contribution in [0.25, 0.3) is 0 Å². The molecule has 9 nitrogen and oxygen atoms in total. The van der Waals surface area contributed by atoms with Gasteiger partial charge >= 0.3 is 0 Å². The standard InChI is InChI=1S/C26H31FN8O/c27-22-12-11-17(15-28-22)29-25(36)21-10-5-13-35(21)26-30-19-9-4-3-8-18(19)24(32-26)31-23-14-20(33-34-23)16-6-1-2-7-16/h11-12,14-16,21H,1-10,13H2,(H,29,36)(H2,30,31,32,33,34)/t21-/m0/s1. The van der Waals surface area contributed by atoms with Gasteiger partial charge in [0.2, 0.25) is 17.8 Å². The van der Waals surface area contributed by atoms with Gasteiger partial charge in [0.25, 0.3) is 0 Å². The zero-order chi connectivity index (χ0) is 24.5. The summed E-state index contributed by atoms with van der Waals surface area (Å²) in [5, 5.41) is 14.1. The van der Waals surface area contributed by atoms with Crippen molar-refractivity contribution >= 4 is 29.2 Å². The Morgan fingerprint density at radius 1 is 1.06 bits per heavy atom. The zero-order valence-electron chi connectivity index (χ0n) is 20.3. The first-order chi connectivity index (χ1) is 17.6. The van der Waals surface area contributed by atoms with Gasteiger partial charge in [-0.15, -0.1) is 0 Å². The Kier molecular flexibility index (Phi) is 6.25. The lowest BCUT2D eigenvalue weighted by molar-refractivity contribution is -0.117. The Bertz CT molecular complexity index is 1240. The van der Waals surface area contributed by atoms with Crippen LogP contribution in [0.4, 0.5) is 27.7 Å². The van der Waals surface area contributed by atoms with Gasteiger partial charge < -0.3 is 15.5 Å². The summed E-state index contributed by atoms with van der Waals surface area (Å²) >= 11 is 0. The molecule has 3 N–H and O–H groups in total. The number of halogens is 1. The van der Waals surface area contributed by atoms with Crippen LogP contribution in [0.2, 0.25) is 0 Å². The summed E-state index contributed by atoms with van der Waals surface area (Å²) in [5.74, 6) is 1.94. The number of hydrogen-bond acceptors (Lipinski definition) is 7. The second-order valence-corrected chi connectivity index (χ2v) is 10.0. The Hall–Kier alpha value is -3.56. The third-order valence-electron chi connectivity index (χ3n) is 7.62. The number of aryl methyl sites for hydroxylation is 1. The lowest BCUT2D eigenvalue weighted by Gasteiger charge is -2.27. The van der Waals surface area contributed by atoms with Crippen LogP contribution in [0.15, 0.2) is 24.4 Å². The molecule has 1 atom stereocenters. The van der Waals surface area contributed by atoms with Gasteiger partial charge in [-0.05, 0) is 63.5 Å². The molecule has 3 aliphatic rings. The van der Waals surface area contributed by atoms with Gasteiger partial charge in [-0.2, -0.15) is 14.5 Å². The molecule has 188 valence electrons. The maximum absolute atomic E-state index is 13.2. The molecule has 10 heteroatoms. The highest BCUT2D eigenvalue weighted by Gasteiger charge is 2.34. The van der Waals surface area contributed by atoms with E-state index in [1.165, 1.54) is 49.7 Å². The lowest BCUT2D eigenvalue weighted by atomic mass is 9.96. The summed E-state index contributed by atoms with van der Waals surface area (Å²) < 4.78 is 13.2. The number of pyridine rings is 1. The number of nitrogens with zero attached hydrogens (tertiary/aromatic N) is 5. The molecule has 0 unspecified atom stereocenters. The molecule has 2 fully saturated rings. The molecule has 0 radical (unpaired) electrons. The molecule has 1 amide bonds. The van der Waals surface area contributed by atoms with Crippen LogP contribution < -0.4 is 15.5 Å². The number of carbonyl (C=O) groups is 1. The summed E-state index contributed by atoms with van der Waals surface area (Å²) in [6.45, 7) is 0.701. The fourth-order valence-corrected chi connectivity index (χ4v) is 5.73. The zero-order valence-corrected chi connectivity index (χ0v) is 20.3. The van der Waals surface area contributed by atoms with Crippen LogP contribution in [0.3, 0.4) is 0 Å². The number of carbonyl (C=O) groups excluding carboxylic acids is 1. The van der Waals surface area contributed by atoms with E-state index in [-0.39, 0.29) is 5.91 Å². The maximum atomic E-state index is 13.2. The lowest BCUT2D eigenvalue weighted by Crippen LogP contribution is -2.41. The van der Waals surface area contributed by atoms with Crippen LogP contribution >= 0.6 is 0 Å². The quantitative estimate of drug-likeness (QED) is 0.432. The average Bonchev–Trinajstić information content (AvgIpc) is 3.67. The molecular formula is C26H31FN8O. The van der Waals surface area contributed by atoms with Crippen molar-refractivity contribution in [2.45, 2.75) is 76.2 Å². The molecule has 1 saturated carbocycles. The van der Waals surface area contributed by atoms with E-state index in [0.717, 1.165) is 55.0 Å². The van der Waals surface area contributed by atoms with Crippen LogP contribution in [0.5, 0.6) is 0 Å². The molecule has 6 rings (SSSR count). The Morgan fingerprint density at radius 2 is 1.92 bits per heavy atom. The van der Waals surface area contributed by atoms with Crippen molar-refractivity contribution in [1.29, 1.82) is 0 Å². The summed E-state index contributed by atoms with van der Waals surface area (Å²) in [5.41, 5.74) is 3.85. The minimum atomic E-state index is -0.578. The summed E-state index contributed by atoms with van der Waals surface area (Å²) in [6.07, 6.45) is 11.9. The van der Waals surface area contributed by atoms with Crippen LogP contribution in [0, 0.1) is 5.95 Å². The van der Waals surface area contributed by atoms with Crippen LogP contribution in [-0.4, -0.2) is 43.6 Å². The second-order valence-electron chi connectivity index (χ2n) is 10.0. The number of aromatic nitrogens is 5. The normalized spacial score (nSPS) is 19.9. The number of amides is 1. The monoisotopic (exact) mass is 490 g/mol. The molecule has 3 aromatic rings. The van der Waals surface area contributed by atoms with E-state index in [1.54, 1.807) is 0 Å². The van der Waals surface area contributed by atoms with Crippen molar-refractivity contribution in [3.05, 3.63) is 47.3 Å². The highest BCUT2D eigenvalue weighted by atomic mass is 19.1. The molecule has 3 aromatic heterocycles. The van der Waals surface area contributed by atoms with E-state index in [4.69, 9.17) is 9.97 Å². The van der Waals surface area contributed by atoms with Crippen molar-refractivity contribution in [2.75, 3.05) is 22.1 Å². The number of hydrogen-bond donors (Lipinski definition) is 3. The predicted octanol–water partition coefficient (Wildman–Crippen LogP) is 4.62. The van der Waals surface area contributed by atoms with Crippen molar-refractivity contribution in [3.8, 4) is 0 Å². The van der Waals surface area contributed by atoms with Gasteiger partial charge in [-0.1, -0.05) is 12.8 Å². The molecule has 4 heterocycles. The SMILES string of the molecule is O=C(Nc1ccc(F)nc1)[C@@H]1CCCN1c1nc2c(c(Nc3cc(C4CCCC4)[nH]n3)n1)CCCC2. The number of aromatic amines is 1. The minimum absolute atomic E-state index is 0.162. The van der Waals surface area contributed by atoms with E-state index in [9.17, 15) is 9.18 Å². The summed E-state index contributed by atoms with van der Waals surface area (Å²) in [6, 6.07) is 4.46. The van der Waals surface area contributed by atoms with Crippen molar-refractivity contribution in [2.24, 2.45) is 0 Å². The topological polar surface area (TPSA) is 112 Å². The summed E-state index contributed by atoms with van der Waals surface area (Å²) in [4.78, 5) is 28.6. The highest BCUT2D eigenvalue weighted by molar-refractivity contribution is 5.96. The fraction of sp³-hybridized carbons (Fsp3) is 0.500. The Balaban J connectivity index is 1.25. The number of rotatable bonds is 6. The molecular weight excluding hydrogens is 459 g/mol. The van der Waals surface area contributed by atoms with Crippen molar-refractivity contribution in [1.82, 2.24) is 25.1 Å². The molecule has 1 aliphatic heterocycles. The molecule has 2 aliphatic carbocycles. The van der Waals surface area contributed by atoms with E-state index >= 15 is 0 Å². The van der Waals surface area contributed by atoms with E-state index in [2.05, 4.69) is 31.9 Å². The number of fused-ring (bicyclic) bond motifs is 1. The fourth-order valence-electron chi connectivity index (χ4n) is 5.73. The maximum Gasteiger partial charge on any atom is 0.247 e. The first-order valence-electron chi connectivity index (χ1n) is 13.1. The third-order valence-corrected chi connectivity index (χ3v) is 7.62. The first kappa shape index (κ1) is 22.9. The molecule has 0 spiro atoms. The number of nitrogens with one attached hydrogen (secondary N) is 3. The van der Waals surface area contributed by atoms with Gasteiger partial charge in [-0.25, -0.2) is 9.97 Å². The van der Waals surface area contributed by atoms with Crippen molar-refractivity contribution in [3.63, 3.8) is 0 Å². The van der Waals surface area contributed by atoms with Crippen LogP contribution in [0.1, 0.15) is 74.2 Å². The predicted molar refractivity (Wildman–Crippen MR) is 135 cm³/mol. The van der Waals surface area contributed by atoms with Gasteiger partial charge in [-0.3, -0.25) is 9.89 Å².